The maximum Gasteiger partial charge on any atom is 0.242 e. The zero-order valence-electron chi connectivity index (χ0n) is 10.6. The monoisotopic (exact) mass is 246 g/mol. The average molecular weight is 246 g/mol. The van der Waals surface area contributed by atoms with E-state index < -0.39 is 0 Å². The Balaban J connectivity index is 1.91. The predicted octanol–water partition coefficient (Wildman–Crippen LogP) is 0.783. The predicted molar refractivity (Wildman–Crippen MR) is 70.3 cm³/mol. The molecule has 1 aromatic heterocycles. The summed E-state index contributed by atoms with van der Waals surface area (Å²) in [5.74, 6) is 0.222. The van der Waals surface area contributed by atoms with E-state index in [2.05, 4.69) is 9.88 Å². The van der Waals surface area contributed by atoms with Crippen molar-refractivity contribution in [2.24, 2.45) is 0 Å². The van der Waals surface area contributed by atoms with Crippen molar-refractivity contribution < 1.29 is 4.79 Å². The summed E-state index contributed by atoms with van der Waals surface area (Å²) < 4.78 is 0. The lowest BCUT2D eigenvalue weighted by Crippen LogP contribution is -2.54. The highest BCUT2D eigenvalue weighted by Crippen LogP contribution is 2.31. The third kappa shape index (κ3) is 1.70. The third-order valence-corrected chi connectivity index (χ3v) is 3.90. The molecule has 96 valence electrons. The molecular formula is C13H18N4O. The van der Waals surface area contributed by atoms with Crippen LogP contribution in [0.3, 0.4) is 0 Å². The van der Waals surface area contributed by atoms with E-state index in [9.17, 15) is 4.79 Å². The van der Waals surface area contributed by atoms with Crippen LogP contribution in [0.4, 0.5) is 11.4 Å². The zero-order valence-corrected chi connectivity index (χ0v) is 10.6. The Morgan fingerprint density at radius 2 is 2.28 bits per heavy atom. The largest absolute Gasteiger partial charge is 0.396 e. The number of hydrogen-bond donors (Lipinski definition) is 1. The number of rotatable bonds is 1. The molecule has 0 saturated carbocycles. The second-order valence-electron chi connectivity index (χ2n) is 5.16. The van der Waals surface area contributed by atoms with Crippen LogP contribution in [-0.2, 0) is 4.79 Å². The number of carbonyl (C=O) groups excluding carboxylic acids is 1. The lowest BCUT2D eigenvalue weighted by Gasteiger charge is -2.39. The van der Waals surface area contributed by atoms with Gasteiger partial charge in [0.25, 0.3) is 0 Å². The first-order chi connectivity index (χ1) is 8.66. The van der Waals surface area contributed by atoms with Gasteiger partial charge in [0, 0.05) is 25.3 Å². The molecule has 2 N–H and O–H groups in total. The molecule has 0 bridgehead atoms. The summed E-state index contributed by atoms with van der Waals surface area (Å²) in [6, 6.07) is 0.359. The molecule has 2 aliphatic rings. The number of hydrogen-bond acceptors (Lipinski definition) is 4. The van der Waals surface area contributed by atoms with Crippen molar-refractivity contribution in [2.45, 2.75) is 25.8 Å². The van der Waals surface area contributed by atoms with E-state index in [0.29, 0.717) is 18.3 Å². The number of aryl methyl sites for hydroxylation is 1. The summed E-state index contributed by atoms with van der Waals surface area (Å²) >= 11 is 0. The van der Waals surface area contributed by atoms with Crippen LogP contribution in [0.2, 0.25) is 0 Å². The molecule has 1 atom stereocenters. The van der Waals surface area contributed by atoms with Crippen molar-refractivity contribution in [1.29, 1.82) is 0 Å². The number of nitrogens with zero attached hydrogens (tertiary/aromatic N) is 3. The zero-order chi connectivity index (χ0) is 12.7. The van der Waals surface area contributed by atoms with Gasteiger partial charge >= 0.3 is 0 Å². The number of amides is 1. The first-order valence-corrected chi connectivity index (χ1v) is 6.41. The highest BCUT2D eigenvalue weighted by Gasteiger charge is 2.36. The van der Waals surface area contributed by atoms with Crippen molar-refractivity contribution in [3.05, 3.63) is 18.0 Å². The van der Waals surface area contributed by atoms with Crippen molar-refractivity contribution >= 4 is 17.3 Å². The van der Waals surface area contributed by atoms with Crippen molar-refractivity contribution in [2.75, 3.05) is 30.3 Å². The summed E-state index contributed by atoms with van der Waals surface area (Å²) in [6.45, 7) is 4.23. The normalized spacial score (nSPS) is 23.4. The van der Waals surface area contributed by atoms with E-state index in [1.807, 2.05) is 11.8 Å². The number of nitrogens with two attached hydrogens (primary N) is 1. The molecule has 18 heavy (non-hydrogen) atoms. The van der Waals surface area contributed by atoms with E-state index in [-0.39, 0.29) is 5.91 Å². The molecule has 2 saturated heterocycles. The molecule has 2 aliphatic heterocycles. The molecule has 3 heterocycles. The molecule has 5 nitrogen and oxygen atoms in total. The molecule has 2 fully saturated rings. The van der Waals surface area contributed by atoms with Gasteiger partial charge in [-0.15, -0.1) is 0 Å². The highest BCUT2D eigenvalue weighted by atomic mass is 16.2. The molecule has 3 rings (SSSR count). The Bertz CT molecular complexity index is 468. The molecule has 5 heteroatoms. The third-order valence-electron chi connectivity index (χ3n) is 3.90. The summed E-state index contributed by atoms with van der Waals surface area (Å²) in [7, 11) is 0. The van der Waals surface area contributed by atoms with E-state index in [1.165, 1.54) is 0 Å². The minimum atomic E-state index is 0.222. The Labute approximate surface area is 107 Å². The average Bonchev–Trinajstić information content (AvgIpc) is 2.77. The summed E-state index contributed by atoms with van der Waals surface area (Å²) in [5.41, 5.74) is 8.68. The number of nitrogen functional groups attached to an aromatic ring is 1. The molecule has 0 aromatic carbocycles. The van der Waals surface area contributed by atoms with Crippen LogP contribution in [0, 0.1) is 6.92 Å². The van der Waals surface area contributed by atoms with Crippen molar-refractivity contribution in [3.63, 3.8) is 0 Å². The molecule has 0 radical (unpaired) electrons. The number of piperazine rings is 1. The van der Waals surface area contributed by atoms with Gasteiger partial charge in [0.05, 0.1) is 24.1 Å². The lowest BCUT2D eigenvalue weighted by atomic mass is 10.1. The molecular weight excluding hydrogens is 228 g/mol. The lowest BCUT2D eigenvalue weighted by molar-refractivity contribution is -0.131. The minimum absolute atomic E-state index is 0.222. The summed E-state index contributed by atoms with van der Waals surface area (Å²) in [5, 5.41) is 0. The fourth-order valence-corrected chi connectivity index (χ4v) is 3.11. The van der Waals surface area contributed by atoms with Gasteiger partial charge in [-0.25, -0.2) is 0 Å². The summed E-state index contributed by atoms with van der Waals surface area (Å²) in [4.78, 5) is 20.3. The topological polar surface area (TPSA) is 62.5 Å². The number of pyridine rings is 1. The Hall–Kier alpha value is -1.78. The quantitative estimate of drug-likeness (QED) is 0.795. The van der Waals surface area contributed by atoms with Crippen molar-refractivity contribution in [1.82, 2.24) is 9.88 Å². The first kappa shape index (κ1) is 11.3. The van der Waals surface area contributed by atoms with Gasteiger partial charge in [0.15, 0.2) is 0 Å². The maximum absolute atomic E-state index is 12.1. The van der Waals surface area contributed by atoms with E-state index in [0.717, 1.165) is 37.2 Å². The minimum Gasteiger partial charge on any atom is -0.396 e. The van der Waals surface area contributed by atoms with Crippen molar-refractivity contribution in [3.8, 4) is 0 Å². The van der Waals surface area contributed by atoms with Crippen LogP contribution >= 0.6 is 0 Å². The first-order valence-electron chi connectivity index (χ1n) is 6.41. The standard InChI is InChI=1S/C13H18N4O/c1-9-5-15-6-11(14)13(9)16-7-10-3-2-4-17(10)12(18)8-16/h5-6,10H,2-4,7-8,14H2,1H3. The van der Waals surface area contributed by atoms with Gasteiger partial charge in [-0.1, -0.05) is 0 Å². The van der Waals surface area contributed by atoms with Gasteiger partial charge in [-0.3, -0.25) is 9.78 Å². The van der Waals surface area contributed by atoms with Crippen LogP contribution in [-0.4, -0.2) is 41.5 Å². The van der Waals surface area contributed by atoms with Crippen LogP contribution in [0.15, 0.2) is 12.4 Å². The second kappa shape index (κ2) is 4.15. The fraction of sp³-hybridized carbons (Fsp3) is 0.538. The maximum atomic E-state index is 12.1. The van der Waals surface area contributed by atoms with Gasteiger partial charge in [0.1, 0.15) is 0 Å². The number of fused-ring (bicyclic) bond motifs is 1. The molecule has 0 spiro atoms. The van der Waals surface area contributed by atoms with Gasteiger partial charge in [-0.05, 0) is 25.3 Å². The van der Waals surface area contributed by atoms with E-state index in [4.69, 9.17) is 5.73 Å². The van der Waals surface area contributed by atoms with Crippen LogP contribution < -0.4 is 10.6 Å². The molecule has 1 unspecified atom stereocenters. The van der Waals surface area contributed by atoms with Crippen LogP contribution in [0.25, 0.3) is 0 Å². The van der Waals surface area contributed by atoms with E-state index >= 15 is 0 Å². The van der Waals surface area contributed by atoms with Gasteiger partial charge in [-0.2, -0.15) is 0 Å². The van der Waals surface area contributed by atoms with Gasteiger partial charge in [0.2, 0.25) is 5.91 Å². The molecule has 1 amide bonds. The second-order valence-corrected chi connectivity index (χ2v) is 5.16. The van der Waals surface area contributed by atoms with Crippen LogP contribution in [0.1, 0.15) is 18.4 Å². The molecule has 1 aromatic rings. The number of carbonyl (C=O) groups is 1. The Morgan fingerprint density at radius 3 is 3.06 bits per heavy atom. The Kier molecular flexibility index (Phi) is 2.61. The van der Waals surface area contributed by atoms with E-state index in [1.54, 1.807) is 12.4 Å². The number of anilines is 2. The smallest absolute Gasteiger partial charge is 0.242 e. The van der Waals surface area contributed by atoms with Crippen LogP contribution in [0.5, 0.6) is 0 Å². The Morgan fingerprint density at radius 1 is 1.44 bits per heavy atom. The fourth-order valence-electron chi connectivity index (χ4n) is 3.11. The molecule has 0 aliphatic carbocycles. The SMILES string of the molecule is Cc1cncc(N)c1N1CC(=O)N2CCCC2C1. The summed E-state index contributed by atoms with van der Waals surface area (Å²) in [6.07, 6.45) is 5.69. The number of aromatic nitrogens is 1. The highest BCUT2D eigenvalue weighted by molar-refractivity contribution is 5.85. The van der Waals surface area contributed by atoms with Gasteiger partial charge < -0.3 is 15.5 Å².